The number of aryl methyl sites for hydroxylation is 1. The summed E-state index contributed by atoms with van der Waals surface area (Å²) in [6.07, 6.45) is 2.93. The molecule has 0 fully saturated rings. The van der Waals surface area contributed by atoms with Crippen molar-refractivity contribution in [1.29, 1.82) is 0 Å². The average molecular weight is 247 g/mol. The Morgan fingerprint density at radius 2 is 2.25 bits per heavy atom. The fourth-order valence-electron chi connectivity index (χ4n) is 0.972. The molecule has 7 heteroatoms. The Hall–Kier alpha value is -0.920. The van der Waals surface area contributed by atoms with Crippen molar-refractivity contribution in [1.82, 2.24) is 14.4 Å². The summed E-state index contributed by atoms with van der Waals surface area (Å²) >= 11 is 0. The van der Waals surface area contributed by atoms with Crippen LogP contribution in [0.3, 0.4) is 0 Å². The maximum atomic E-state index is 11.6. The van der Waals surface area contributed by atoms with Gasteiger partial charge in [-0.05, 0) is 12.8 Å². The Bertz CT molecular complexity index is 425. The van der Waals surface area contributed by atoms with E-state index in [1.54, 1.807) is 4.57 Å². The Morgan fingerprint density at radius 3 is 2.75 bits per heavy atom. The van der Waals surface area contributed by atoms with Gasteiger partial charge in [-0.1, -0.05) is 18.7 Å². The monoisotopic (exact) mass is 247 g/mol. The van der Waals surface area contributed by atoms with Crippen molar-refractivity contribution in [2.75, 3.05) is 6.61 Å². The molecular formula is C9H17N3O3S. The number of sulfonamides is 1. The van der Waals surface area contributed by atoms with Crippen LogP contribution in [0.15, 0.2) is 17.6 Å². The van der Waals surface area contributed by atoms with E-state index in [4.69, 9.17) is 4.84 Å². The summed E-state index contributed by atoms with van der Waals surface area (Å²) in [6, 6.07) is 0. The minimum Gasteiger partial charge on any atom is -0.336 e. The second-order valence-electron chi connectivity index (χ2n) is 3.83. The molecule has 0 saturated carbocycles. The van der Waals surface area contributed by atoms with Gasteiger partial charge in [0.25, 0.3) is 10.0 Å². The Balaban J connectivity index is 2.63. The first-order valence-corrected chi connectivity index (χ1v) is 6.59. The van der Waals surface area contributed by atoms with Gasteiger partial charge < -0.3 is 4.57 Å². The van der Waals surface area contributed by atoms with Crippen molar-refractivity contribution in [2.24, 2.45) is 5.92 Å². The van der Waals surface area contributed by atoms with Crippen molar-refractivity contribution >= 4 is 10.0 Å². The molecule has 1 aromatic heterocycles. The maximum Gasteiger partial charge on any atom is 0.281 e. The van der Waals surface area contributed by atoms with E-state index in [0.29, 0.717) is 13.2 Å². The van der Waals surface area contributed by atoms with Crippen molar-refractivity contribution in [3.63, 3.8) is 0 Å². The zero-order valence-electron chi connectivity index (χ0n) is 9.67. The zero-order chi connectivity index (χ0) is 12.2. The average Bonchev–Trinajstić information content (AvgIpc) is 2.65. The highest BCUT2D eigenvalue weighted by molar-refractivity contribution is 7.89. The molecule has 1 N–H and O–H groups in total. The molecule has 0 aliphatic heterocycles. The van der Waals surface area contributed by atoms with Gasteiger partial charge in [0.15, 0.2) is 5.03 Å². The molecule has 0 unspecified atom stereocenters. The van der Waals surface area contributed by atoms with Gasteiger partial charge in [0.1, 0.15) is 0 Å². The van der Waals surface area contributed by atoms with Gasteiger partial charge in [0, 0.05) is 12.7 Å². The SMILES string of the molecule is CCn1cnc(S(=O)(=O)NOCC(C)C)c1. The zero-order valence-corrected chi connectivity index (χ0v) is 10.5. The second kappa shape index (κ2) is 5.42. The smallest absolute Gasteiger partial charge is 0.281 e. The second-order valence-corrected chi connectivity index (χ2v) is 5.43. The van der Waals surface area contributed by atoms with Crippen molar-refractivity contribution in [3.05, 3.63) is 12.5 Å². The van der Waals surface area contributed by atoms with Gasteiger partial charge >= 0.3 is 0 Å². The lowest BCUT2D eigenvalue weighted by Gasteiger charge is -2.06. The van der Waals surface area contributed by atoms with Crippen LogP contribution in [0.5, 0.6) is 0 Å². The fourth-order valence-corrected chi connectivity index (χ4v) is 1.74. The summed E-state index contributed by atoms with van der Waals surface area (Å²) in [5.41, 5.74) is 0. The quantitative estimate of drug-likeness (QED) is 0.753. The third kappa shape index (κ3) is 3.58. The normalized spacial score (nSPS) is 12.2. The van der Waals surface area contributed by atoms with Gasteiger partial charge in [0.05, 0.1) is 12.9 Å². The van der Waals surface area contributed by atoms with Crippen molar-refractivity contribution in [2.45, 2.75) is 32.3 Å². The number of hydrogen-bond donors (Lipinski definition) is 1. The molecule has 1 aromatic rings. The molecule has 16 heavy (non-hydrogen) atoms. The van der Waals surface area contributed by atoms with Gasteiger partial charge in [-0.2, -0.15) is 0 Å². The minimum absolute atomic E-state index is 0.0295. The largest absolute Gasteiger partial charge is 0.336 e. The van der Waals surface area contributed by atoms with Crippen molar-refractivity contribution in [3.8, 4) is 0 Å². The van der Waals surface area contributed by atoms with E-state index >= 15 is 0 Å². The lowest BCUT2D eigenvalue weighted by Crippen LogP contribution is -2.26. The summed E-state index contributed by atoms with van der Waals surface area (Å²) in [4.78, 5) is 10.7. The van der Waals surface area contributed by atoms with Crippen LogP contribution < -0.4 is 4.89 Å². The number of rotatable bonds is 6. The minimum atomic E-state index is -3.65. The van der Waals surface area contributed by atoms with E-state index in [1.165, 1.54) is 12.5 Å². The molecule has 0 aliphatic rings. The highest BCUT2D eigenvalue weighted by Gasteiger charge is 2.17. The number of nitrogens with zero attached hydrogens (tertiary/aromatic N) is 2. The van der Waals surface area contributed by atoms with Gasteiger partial charge in [0.2, 0.25) is 0 Å². The molecule has 0 spiro atoms. The lowest BCUT2D eigenvalue weighted by molar-refractivity contribution is 0.0717. The summed E-state index contributed by atoms with van der Waals surface area (Å²) in [5, 5.41) is -0.0295. The van der Waals surface area contributed by atoms with Crippen LogP contribution in [0, 0.1) is 5.92 Å². The van der Waals surface area contributed by atoms with Gasteiger partial charge in [-0.25, -0.2) is 13.4 Å². The number of hydrogen-bond acceptors (Lipinski definition) is 4. The van der Waals surface area contributed by atoms with Gasteiger partial charge in [-0.15, -0.1) is 0 Å². The van der Waals surface area contributed by atoms with E-state index < -0.39 is 10.0 Å². The van der Waals surface area contributed by atoms with E-state index in [9.17, 15) is 8.42 Å². The van der Waals surface area contributed by atoms with E-state index in [0.717, 1.165) is 0 Å². The summed E-state index contributed by atoms with van der Waals surface area (Å²) in [6.45, 7) is 6.77. The first-order valence-electron chi connectivity index (χ1n) is 5.11. The van der Waals surface area contributed by atoms with E-state index in [2.05, 4.69) is 4.98 Å². The highest BCUT2D eigenvalue weighted by atomic mass is 32.2. The molecule has 0 radical (unpaired) electrons. The van der Waals surface area contributed by atoms with Crippen LogP contribution in [-0.4, -0.2) is 24.6 Å². The van der Waals surface area contributed by atoms with Crippen LogP contribution >= 0.6 is 0 Å². The summed E-state index contributed by atoms with van der Waals surface area (Å²) < 4.78 is 24.9. The molecular weight excluding hydrogens is 230 g/mol. The topological polar surface area (TPSA) is 73.2 Å². The van der Waals surface area contributed by atoms with Crippen LogP contribution in [-0.2, 0) is 21.4 Å². The lowest BCUT2D eigenvalue weighted by atomic mass is 10.2. The molecule has 1 heterocycles. The van der Waals surface area contributed by atoms with E-state index in [-0.39, 0.29) is 10.9 Å². The first-order chi connectivity index (χ1) is 7.45. The molecule has 0 amide bonds. The molecule has 0 bridgehead atoms. The fraction of sp³-hybridized carbons (Fsp3) is 0.667. The Kier molecular flexibility index (Phi) is 4.45. The van der Waals surface area contributed by atoms with Gasteiger partial charge in [-0.3, -0.25) is 4.84 Å². The molecule has 92 valence electrons. The highest BCUT2D eigenvalue weighted by Crippen LogP contribution is 2.05. The summed E-state index contributed by atoms with van der Waals surface area (Å²) in [5.74, 6) is 0.260. The predicted octanol–water partition coefficient (Wildman–Crippen LogP) is 0.769. The predicted molar refractivity (Wildman–Crippen MR) is 59.0 cm³/mol. The van der Waals surface area contributed by atoms with Crippen LogP contribution in [0.4, 0.5) is 0 Å². The summed E-state index contributed by atoms with van der Waals surface area (Å²) in [7, 11) is -3.65. The molecule has 0 saturated heterocycles. The molecule has 0 atom stereocenters. The third-order valence-electron chi connectivity index (χ3n) is 1.84. The number of aromatic nitrogens is 2. The third-order valence-corrected chi connectivity index (χ3v) is 2.93. The number of imidazole rings is 1. The number of nitrogens with one attached hydrogen (secondary N) is 1. The molecule has 1 rings (SSSR count). The molecule has 0 aromatic carbocycles. The first kappa shape index (κ1) is 13.1. The molecule has 0 aliphatic carbocycles. The van der Waals surface area contributed by atoms with E-state index in [1.807, 2.05) is 25.7 Å². The maximum absolute atomic E-state index is 11.6. The van der Waals surface area contributed by atoms with Crippen LogP contribution in [0.1, 0.15) is 20.8 Å². The van der Waals surface area contributed by atoms with Crippen LogP contribution in [0.2, 0.25) is 0 Å². The molecule has 6 nitrogen and oxygen atoms in total. The van der Waals surface area contributed by atoms with Crippen LogP contribution in [0.25, 0.3) is 0 Å². The Labute approximate surface area is 95.6 Å². The Morgan fingerprint density at radius 1 is 1.56 bits per heavy atom. The standard InChI is InChI=1S/C9H17N3O3S/c1-4-12-5-9(10-7-12)16(13,14)11-15-6-8(2)3/h5,7-8,11H,4,6H2,1-3H3. The van der Waals surface area contributed by atoms with Crippen molar-refractivity contribution < 1.29 is 13.3 Å².